The average molecular weight is 355 g/mol. The minimum absolute atomic E-state index is 0.0888. The van der Waals surface area contributed by atoms with Crippen molar-refractivity contribution in [2.45, 2.75) is 37.2 Å². The van der Waals surface area contributed by atoms with Gasteiger partial charge in [-0.25, -0.2) is 9.59 Å². The van der Waals surface area contributed by atoms with Gasteiger partial charge in [0.1, 0.15) is 12.1 Å². The summed E-state index contributed by atoms with van der Waals surface area (Å²) in [6.07, 6.45) is 0.148. The molecule has 2 fully saturated rings. The van der Waals surface area contributed by atoms with Crippen molar-refractivity contribution in [2.75, 3.05) is 7.11 Å². The summed E-state index contributed by atoms with van der Waals surface area (Å²) in [5.41, 5.74) is -0.670. The van der Waals surface area contributed by atoms with Crippen molar-refractivity contribution in [2.24, 2.45) is 0 Å². The lowest BCUT2D eigenvalue weighted by Crippen LogP contribution is -2.79. The molecule has 0 aromatic carbocycles. The summed E-state index contributed by atoms with van der Waals surface area (Å²) in [5.74, 6) is -3.38. The highest BCUT2D eigenvalue weighted by molar-refractivity contribution is 6.10. The Bertz CT molecular complexity index is 798. The number of hydrogen-bond donors (Lipinski definition) is 3. The SMILES string of the molecule is COC1CC2C(NC(=O)C[n+]3cc(=O)o[nH]3)C(=O)N2C(C(=O)O)C1=O. The first-order valence-electron chi connectivity index (χ1n) is 7.32. The van der Waals surface area contributed by atoms with Crippen LogP contribution in [0.1, 0.15) is 6.42 Å². The van der Waals surface area contributed by atoms with E-state index in [2.05, 4.69) is 15.1 Å². The molecule has 2 aliphatic rings. The highest BCUT2D eigenvalue weighted by Gasteiger charge is 2.60. The maximum absolute atomic E-state index is 12.2. The fourth-order valence-electron chi connectivity index (χ4n) is 3.13. The molecule has 1 aromatic rings. The monoisotopic (exact) mass is 355 g/mol. The number of ketones is 1. The van der Waals surface area contributed by atoms with Crippen LogP contribution in [0.25, 0.3) is 0 Å². The zero-order valence-electron chi connectivity index (χ0n) is 13.0. The van der Waals surface area contributed by atoms with Crippen molar-refractivity contribution in [3.8, 4) is 0 Å². The summed E-state index contributed by atoms with van der Waals surface area (Å²) in [4.78, 5) is 59.5. The number of ether oxygens (including phenoxy) is 1. The van der Waals surface area contributed by atoms with Crippen LogP contribution in [0.5, 0.6) is 0 Å². The smallest absolute Gasteiger partial charge is 0.426 e. The van der Waals surface area contributed by atoms with Crippen LogP contribution in [0, 0.1) is 0 Å². The number of amides is 2. The average Bonchev–Trinajstić information content (AvgIpc) is 2.96. The van der Waals surface area contributed by atoms with Crippen molar-refractivity contribution in [3.05, 3.63) is 16.6 Å². The Hall–Kier alpha value is -3.02. The number of aromatic amines is 1. The maximum atomic E-state index is 12.2. The largest absolute Gasteiger partial charge is 0.479 e. The Kier molecular flexibility index (Phi) is 4.12. The van der Waals surface area contributed by atoms with Crippen molar-refractivity contribution in [1.82, 2.24) is 15.5 Å². The van der Waals surface area contributed by atoms with Crippen LogP contribution in [-0.4, -0.2) is 70.2 Å². The predicted octanol–water partition coefficient (Wildman–Crippen LogP) is -3.61. The molecule has 12 heteroatoms. The van der Waals surface area contributed by atoms with Gasteiger partial charge in [-0.05, 0) is 5.27 Å². The van der Waals surface area contributed by atoms with E-state index in [1.807, 2.05) is 0 Å². The summed E-state index contributed by atoms with van der Waals surface area (Å²) in [5, 5.41) is 13.9. The Morgan fingerprint density at radius 2 is 2.20 bits per heavy atom. The standard InChI is InChI=1S/C13H14N4O8/c1-24-6-2-5-9(12(21)17(5)10(11(6)20)13(22)23)14-7(18)3-16-4-8(19)25-15-16/h4-6,9-10H,2-3H2,1H3,(H2-,14,15,18,19,22,23)/p+1. The van der Waals surface area contributed by atoms with E-state index in [0.29, 0.717) is 0 Å². The summed E-state index contributed by atoms with van der Waals surface area (Å²) in [7, 11) is 1.27. The number of methoxy groups -OCH3 is 1. The van der Waals surface area contributed by atoms with Gasteiger partial charge in [-0.15, -0.1) is 0 Å². The number of nitrogens with one attached hydrogen (secondary N) is 2. The molecule has 134 valence electrons. The topological polar surface area (TPSA) is 163 Å². The summed E-state index contributed by atoms with van der Waals surface area (Å²) in [6.45, 7) is -0.294. The van der Waals surface area contributed by atoms with Crippen LogP contribution in [-0.2, 0) is 30.5 Å². The van der Waals surface area contributed by atoms with Crippen molar-refractivity contribution >= 4 is 23.6 Å². The quantitative estimate of drug-likeness (QED) is 0.277. The zero-order chi connectivity index (χ0) is 18.3. The number of carbonyl (C=O) groups is 4. The highest BCUT2D eigenvalue weighted by Crippen LogP contribution is 2.33. The van der Waals surface area contributed by atoms with Crippen molar-refractivity contribution in [1.29, 1.82) is 0 Å². The van der Waals surface area contributed by atoms with Gasteiger partial charge in [-0.3, -0.25) is 18.9 Å². The van der Waals surface area contributed by atoms with Crippen molar-refractivity contribution in [3.63, 3.8) is 0 Å². The minimum atomic E-state index is -1.62. The normalized spacial score (nSPS) is 28.3. The van der Waals surface area contributed by atoms with Gasteiger partial charge in [-0.2, -0.15) is 0 Å². The fraction of sp³-hybridized carbons (Fsp3) is 0.538. The molecule has 2 aliphatic heterocycles. The Morgan fingerprint density at radius 3 is 2.76 bits per heavy atom. The van der Waals surface area contributed by atoms with Gasteiger partial charge in [0.15, 0.2) is 11.8 Å². The second-order valence-corrected chi connectivity index (χ2v) is 5.73. The summed E-state index contributed by atoms with van der Waals surface area (Å²) in [6, 6.07) is -3.24. The molecule has 25 heavy (non-hydrogen) atoms. The van der Waals surface area contributed by atoms with Crippen LogP contribution in [0.4, 0.5) is 0 Å². The molecule has 1 aromatic heterocycles. The number of fused-ring (bicyclic) bond motifs is 1. The zero-order valence-corrected chi connectivity index (χ0v) is 13.0. The Labute approximate surface area is 139 Å². The molecular formula is C13H15N4O8+. The van der Waals surface area contributed by atoms with Gasteiger partial charge < -0.3 is 20.1 Å². The lowest BCUT2D eigenvalue weighted by atomic mass is 9.80. The lowest BCUT2D eigenvalue weighted by Gasteiger charge is -2.53. The molecule has 0 aliphatic carbocycles. The first kappa shape index (κ1) is 16.8. The van der Waals surface area contributed by atoms with E-state index < -0.39 is 53.4 Å². The minimum Gasteiger partial charge on any atom is -0.479 e. The van der Waals surface area contributed by atoms with E-state index in [1.165, 1.54) is 7.11 Å². The molecule has 0 bridgehead atoms. The number of carboxylic acids is 1. The number of carbonyl (C=O) groups excluding carboxylic acids is 3. The Morgan fingerprint density at radius 1 is 1.48 bits per heavy atom. The molecule has 0 saturated carbocycles. The third kappa shape index (κ3) is 2.80. The lowest BCUT2D eigenvalue weighted by molar-refractivity contribution is -0.751. The van der Waals surface area contributed by atoms with E-state index in [4.69, 9.17) is 4.74 Å². The van der Waals surface area contributed by atoms with Gasteiger partial charge in [0, 0.05) is 13.5 Å². The van der Waals surface area contributed by atoms with Crippen LogP contribution in [0.15, 0.2) is 15.5 Å². The number of rotatable bonds is 5. The van der Waals surface area contributed by atoms with E-state index in [9.17, 15) is 29.1 Å². The summed E-state index contributed by atoms with van der Waals surface area (Å²) < 4.78 is 10.5. The number of nitrogens with zero attached hydrogens (tertiary/aromatic N) is 2. The van der Waals surface area contributed by atoms with E-state index >= 15 is 0 Å². The van der Waals surface area contributed by atoms with E-state index in [0.717, 1.165) is 15.8 Å². The molecule has 3 heterocycles. The van der Waals surface area contributed by atoms with Gasteiger partial charge in [0.25, 0.3) is 18.6 Å². The van der Waals surface area contributed by atoms with E-state index in [-0.39, 0.29) is 13.0 Å². The molecule has 2 saturated heterocycles. The molecule has 4 atom stereocenters. The van der Waals surface area contributed by atoms with Crippen molar-refractivity contribution < 1.29 is 38.2 Å². The number of β-lactam (4-membered cyclic amide) rings is 1. The first-order valence-corrected chi connectivity index (χ1v) is 7.32. The van der Waals surface area contributed by atoms with E-state index in [1.54, 1.807) is 0 Å². The third-order valence-corrected chi connectivity index (χ3v) is 4.26. The Balaban J connectivity index is 1.71. The van der Waals surface area contributed by atoms with Crippen LogP contribution < -0.4 is 15.6 Å². The van der Waals surface area contributed by atoms with Gasteiger partial charge >= 0.3 is 11.6 Å². The predicted molar refractivity (Wildman–Crippen MR) is 73.9 cm³/mol. The molecule has 0 spiro atoms. The number of piperidine rings is 1. The molecule has 3 rings (SSSR count). The van der Waals surface area contributed by atoms with Crippen LogP contribution >= 0.6 is 0 Å². The number of Topliss-reactive ketones (excluding diaryl/α,β-unsaturated/α-hetero) is 1. The molecule has 0 radical (unpaired) electrons. The number of H-pyrrole nitrogens is 1. The van der Waals surface area contributed by atoms with Gasteiger partial charge in [0.05, 0.1) is 6.04 Å². The third-order valence-electron chi connectivity index (χ3n) is 4.26. The highest BCUT2D eigenvalue weighted by atomic mass is 16.5. The second-order valence-electron chi connectivity index (χ2n) is 5.73. The maximum Gasteiger partial charge on any atom is 0.426 e. The van der Waals surface area contributed by atoms with Gasteiger partial charge in [-0.1, -0.05) is 4.68 Å². The number of aromatic nitrogens is 2. The summed E-state index contributed by atoms with van der Waals surface area (Å²) >= 11 is 0. The van der Waals surface area contributed by atoms with Crippen LogP contribution in [0.3, 0.4) is 0 Å². The molecule has 3 N–H and O–H groups in total. The first-order chi connectivity index (χ1) is 11.8. The van der Waals surface area contributed by atoms with Crippen LogP contribution in [0.2, 0.25) is 0 Å². The fourth-order valence-corrected chi connectivity index (χ4v) is 3.13. The molecule has 2 amide bonds. The van der Waals surface area contributed by atoms with Gasteiger partial charge in [0.2, 0.25) is 5.91 Å². The number of carboxylic acid groups (broad SMARTS) is 1. The number of hydrogen-bond acceptors (Lipinski definition) is 7. The second kappa shape index (κ2) is 6.12. The molecule has 12 nitrogen and oxygen atoms in total. The number of aliphatic carboxylic acids is 1. The molecular weight excluding hydrogens is 340 g/mol. The molecule has 4 unspecified atom stereocenters.